The van der Waals surface area contributed by atoms with Crippen LogP contribution in [0.15, 0.2) is 48.7 Å². The first-order valence-electron chi connectivity index (χ1n) is 6.20. The molecule has 0 aliphatic heterocycles. The number of halogens is 1. The van der Waals surface area contributed by atoms with E-state index in [0.29, 0.717) is 0 Å². The molecule has 0 fully saturated rings. The molecule has 18 heavy (non-hydrogen) atoms. The average molecular weight is 244 g/mol. The lowest BCUT2D eigenvalue weighted by atomic mass is 10.1. The summed E-state index contributed by atoms with van der Waals surface area (Å²) in [5.74, 6) is -0.179. The molecule has 1 N–H and O–H groups in total. The van der Waals surface area contributed by atoms with Gasteiger partial charge in [0.25, 0.3) is 0 Å². The van der Waals surface area contributed by atoms with Gasteiger partial charge in [0.2, 0.25) is 0 Å². The van der Waals surface area contributed by atoms with E-state index < -0.39 is 0 Å². The zero-order valence-electron chi connectivity index (χ0n) is 10.3. The molecular formula is C15H17FN2. The van der Waals surface area contributed by atoms with Gasteiger partial charge in [-0.05, 0) is 42.8 Å². The highest BCUT2D eigenvalue weighted by molar-refractivity contribution is 5.16. The van der Waals surface area contributed by atoms with E-state index in [1.165, 1.54) is 12.1 Å². The standard InChI is InChI=1S/C15H17FN2/c16-14-6-4-13(5-7-14)8-11-17-12-9-15-3-1-2-10-18-15/h1-7,10,17H,8-9,11-12H2. The Hall–Kier alpha value is -1.74. The predicted molar refractivity (Wildman–Crippen MR) is 70.9 cm³/mol. The van der Waals surface area contributed by atoms with Gasteiger partial charge in [0, 0.05) is 24.9 Å². The van der Waals surface area contributed by atoms with E-state index in [1.807, 2.05) is 36.5 Å². The highest BCUT2D eigenvalue weighted by Gasteiger charge is 1.95. The predicted octanol–water partition coefficient (Wildman–Crippen LogP) is 2.60. The van der Waals surface area contributed by atoms with Gasteiger partial charge in [0.05, 0.1) is 0 Å². The number of hydrogen-bond acceptors (Lipinski definition) is 2. The van der Waals surface area contributed by atoms with Crippen LogP contribution in [0.3, 0.4) is 0 Å². The Bertz CT molecular complexity index is 454. The lowest BCUT2D eigenvalue weighted by Crippen LogP contribution is -2.20. The summed E-state index contributed by atoms with van der Waals surface area (Å²) >= 11 is 0. The topological polar surface area (TPSA) is 24.9 Å². The van der Waals surface area contributed by atoms with Crippen molar-refractivity contribution in [1.82, 2.24) is 10.3 Å². The van der Waals surface area contributed by atoms with Crippen LogP contribution in [0.4, 0.5) is 4.39 Å². The smallest absolute Gasteiger partial charge is 0.123 e. The van der Waals surface area contributed by atoms with Crippen molar-refractivity contribution >= 4 is 0 Å². The second-order valence-electron chi connectivity index (χ2n) is 4.20. The third-order valence-corrected chi connectivity index (χ3v) is 2.79. The van der Waals surface area contributed by atoms with Crippen molar-refractivity contribution in [2.24, 2.45) is 0 Å². The molecule has 94 valence electrons. The third-order valence-electron chi connectivity index (χ3n) is 2.79. The van der Waals surface area contributed by atoms with Crippen LogP contribution in [0.25, 0.3) is 0 Å². The molecule has 1 aromatic heterocycles. The minimum absolute atomic E-state index is 0.179. The molecule has 0 aliphatic rings. The van der Waals surface area contributed by atoms with Crippen LogP contribution in [-0.4, -0.2) is 18.1 Å². The molecular weight excluding hydrogens is 227 g/mol. The first-order chi connectivity index (χ1) is 8.84. The van der Waals surface area contributed by atoms with Crippen molar-refractivity contribution in [3.8, 4) is 0 Å². The van der Waals surface area contributed by atoms with E-state index in [0.717, 1.165) is 37.2 Å². The van der Waals surface area contributed by atoms with Gasteiger partial charge in [-0.2, -0.15) is 0 Å². The lowest BCUT2D eigenvalue weighted by molar-refractivity contribution is 0.625. The van der Waals surface area contributed by atoms with Crippen molar-refractivity contribution in [3.63, 3.8) is 0 Å². The van der Waals surface area contributed by atoms with Gasteiger partial charge in [-0.25, -0.2) is 4.39 Å². The summed E-state index contributed by atoms with van der Waals surface area (Å²) in [6, 6.07) is 12.6. The molecule has 0 aliphatic carbocycles. The summed E-state index contributed by atoms with van der Waals surface area (Å²) in [6.07, 6.45) is 3.67. The fraction of sp³-hybridized carbons (Fsp3) is 0.267. The minimum atomic E-state index is -0.179. The third kappa shape index (κ3) is 4.26. The number of benzene rings is 1. The first kappa shape index (κ1) is 12.7. The highest BCUT2D eigenvalue weighted by atomic mass is 19.1. The van der Waals surface area contributed by atoms with Crippen LogP contribution in [0, 0.1) is 5.82 Å². The van der Waals surface area contributed by atoms with Crippen molar-refractivity contribution in [2.45, 2.75) is 12.8 Å². The van der Waals surface area contributed by atoms with Crippen molar-refractivity contribution in [2.75, 3.05) is 13.1 Å². The molecule has 0 unspecified atom stereocenters. The molecule has 0 amide bonds. The second kappa shape index (κ2) is 6.87. The number of aromatic nitrogens is 1. The summed E-state index contributed by atoms with van der Waals surface area (Å²) in [7, 11) is 0. The zero-order chi connectivity index (χ0) is 12.6. The van der Waals surface area contributed by atoms with Gasteiger partial charge in [-0.15, -0.1) is 0 Å². The number of rotatable bonds is 6. The lowest BCUT2D eigenvalue weighted by Gasteiger charge is -2.04. The van der Waals surface area contributed by atoms with E-state index in [4.69, 9.17) is 0 Å². The van der Waals surface area contributed by atoms with Crippen molar-refractivity contribution in [1.29, 1.82) is 0 Å². The molecule has 0 radical (unpaired) electrons. The maximum atomic E-state index is 12.7. The minimum Gasteiger partial charge on any atom is -0.316 e. The Morgan fingerprint density at radius 3 is 2.44 bits per heavy atom. The van der Waals surface area contributed by atoms with Crippen LogP contribution >= 0.6 is 0 Å². The molecule has 2 aromatic rings. The molecule has 0 saturated carbocycles. The Morgan fingerprint density at radius 1 is 0.944 bits per heavy atom. The second-order valence-corrected chi connectivity index (χ2v) is 4.20. The van der Waals surface area contributed by atoms with Gasteiger partial charge in [0.15, 0.2) is 0 Å². The fourth-order valence-electron chi connectivity index (χ4n) is 1.77. The van der Waals surface area contributed by atoms with E-state index in [9.17, 15) is 4.39 Å². The Kier molecular flexibility index (Phi) is 4.85. The van der Waals surface area contributed by atoms with Crippen LogP contribution in [-0.2, 0) is 12.8 Å². The highest BCUT2D eigenvalue weighted by Crippen LogP contribution is 2.02. The molecule has 0 spiro atoms. The monoisotopic (exact) mass is 244 g/mol. The number of pyridine rings is 1. The summed E-state index contributed by atoms with van der Waals surface area (Å²) in [5.41, 5.74) is 2.26. The molecule has 0 saturated heterocycles. The van der Waals surface area contributed by atoms with Crippen LogP contribution in [0.1, 0.15) is 11.3 Å². The molecule has 2 rings (SSSR count). The van der Waals surface area contributed by atoms with Gasteiger partial charge >= 0.3 is 0 Å². The molecule has 0 bridgehead atoms. The summed E-state index contributed by atoms with van der Waals surface area (Å²) in [4.78, 5) is 4.26. The Labute approximate surface area is 107 Å². The van der Waals surface area contributed by atoms with E-state index in [-0.39, 0.29) is 5.82 Å². The maximum absolute atomic E-state index is 12.7. The SMILES string of the molecule is Fc1ccc(CCNCCc2ccccn2)cc1. The molecule has 2 nitrogen and oxygen atoms in total. The maximum Gasteiger partial charge on any atom is 0.123 e. The summed E-state index contributed by atoms with van der Waals surface area (Å²) < 4.78 is 12.7. The summed E-state index contributed by atoms with van der Waals surface area (Å²) in [6.45, 7) is 1.82. The van der Waals surface area contributed by atoms with Gasteiger partial charge in [-0.1, -0.05) is 18.2 Å². The number of nitrogens with zero attached hydrogens (tertiary/aromatic N) is 1. The quantitative estimate of drug-likeness (QED) is 0.790. The largest absolute Gasteiger partial charge is 0.316 e. The molecule has 0 atom stereocenters. The molecule has 1 heterocycles. The van der Waals surface area contributed by atoms with Crippen molar-refractivity contribution in [3.05, 3.63) is 65.7 Å². The molecule has 3 heteroatoms. The van der Waals surface area contributed by atoms with E-state index >= 15 is 0 Å². The zero-order valence-corrected chi connectivity index (χ0v) is 10.3. The van der Waals surface area contributed by atoms with Gasteiger partial charge in [-0.3, -0.25) is 4.98 Å². The average Bonchev–Trinajstić information content (AvgIpc) is 2.42. The number of nitrogens with one attached hydrogen (secondary N) is 1. The van der Waals surface area contributed by atoms with Crippen molar-refractivity contribution < 1.29 is 4.39 Å². The summed E-state index contributed by atoms with van der Waals surface area (Å²) in [5, 5.41) is 3.36. The first-order valence-corrected chi connectivity index (χ1v) is 6.20. The van der Waals surface area contributed by atoms with Crippen LogP contribution in [0.2, 0.25) is 0 Å². The normalized spacial score (nSPS) is 10.5. The van der Waals surface area contributed by atoms with Gasteiger partial charge < -0.3 is 5.32 Å². The fourth-order valence-corrected chi connectivity index (χ4v) is 1.77. The number of hydrogen-bond donors (Lipinski definition) is 1. The van der Waals surface area contributed by atoms with E-state index in [2.05, 4.69) is 10.3 Å². The molecule has 1 aromatic carbocycles. The van der Waals surface area contributed by atoms with E-state index in [1.54, 1.807) is 0 Å². The van der Waals surface area contributed by atoms with Gasteiger partial charge in [0.1, 0.15) is 5.82 Å². The van der Waals surface area contributed by atoms with Crippen LogP contribution < -0.4 is 5.32 Å². The Morgan fingerprint density at radius 2 is 1.72 bits per heavy atom. The van der Waals surface area contributed by atoms with Crippen LogP contribution in [0.5, 0.6) is 0 Å². The Balaban J connectivity index is 1.63.